The van der Waals surface area contributed by atoms with E-state index in [-0.39, 0.29) is 41.4 Å². The van der Waals surface area contributed by atoms with E-state index in [4.69, 9.17) is 14.5 Å². The lowest BCUT2D eigenvalue weighted by Gasteiger charge is -2.40. The number of nitrogens with one attached hydrogen (secondary N) is 2. The van der Waals surface area contributed by atoms with Crippen LogP contribution in [0.3, 0.4) is 0 Å². The number of benzene rings is 1. The van der Waals surface area contributed by atoms with Gasteiger partial charge in [0.15, 0.2) is 5.96 Å². The van der Waals surface area contributed by atoms with Crippen LogP contribution in [0.15, 0.2) is 29.3 Å². The molecule has 2 N–H and O–H groups in total. The molecule has 1 atom stereocenters. The SMILES string of the molecule is CCNC(=NCC(C)(C)N1CCOCC1)NCC(c1cccc(F)c1)N1CCOCC1.I. The lowest BCUT2D eigenvalue weighted by molar-refractivity contribution is -0.00684. The molecule has 0 bridgehead atoms. The maximum atomic E-state index is 13.9. The Morgan fingerprint density at radius 1 is 1.09 bits per heavy atom. The van der Waals surface area contributed by atoms with Gasteiger partial charge < -0.3 is 20.1 Å². The van der Waals surface area contributed by atoms with Crippen LogP contribution in [0.5, 0.6) is 0 Å². The average molecular weight is 564 g/mol. The maximum Gasteiger partial charge on any atom is 0.191 e. The smallest absolute Gasteiger partial charge is 0.191 e. The van der Waals surface area contributed by atoms with Crippen LogP contribution in [-0.4, -0.2) is 93.5 Å². The van der Waals surface area contributed by atoms with Gasteiger partial charge >= 0.3 is 0 Å². The molecule has 2 heterocycles. The number of nitrogens with zero attached hydrogens (tertiary/aromatic N) is 3. The molecular weight excluding hydrogens is 524 g/mol. The molecule has 0 saturated carbocycles. The highest BCUT2D eigenvalue weighted by atomic mass is 127. The Labute approximate surface area is 209 Å². The van der Waals surface area contributed by atoms with E-state index in [1.54, 1.807) is 12.1 Å². The zero-order chi connectivity index (χ0) is 22.1. The molecule has 182 valence electrons. The molecule has 2 fully saturated rings. The lowest BCUT2D eigenvalue weighted by Crippen LogP contribution is -2.52. The second-order valence-electron chi connectivity index (χ2n) is 8.71. The van der Waals surface area contributed by atoms with Crippen molar-refractivity contribution in [1.82, 2.24) is 20.4 Å². The Balaban J connectivity index is 0.00000363. The van der Waals surface area contributed by atoms with E-state index in [1.165, 1.54) is 6.07 Å². The monoisotopic (exact) mass is 563 g/mol. The number of halogens is 2. The highest BCUT2D eigenvalue weighted by molar-refractivity contribution is 14.0. The Bertz CT molecular complexity index is 709. The first-order chi connectivity index (χ1) is 15.0. The summed E-state index contributed by atoms with van der Waals surface area (Å²) in [5.74, 6) is 0.585. The molecule has 2 saturated heterocycles. The standard InChI is InChI=1S/C23H38FN5O2.HI/c1-4-25-22(27-18-23(2,3)29-10-14-31-15-11-29)26-17-21(28-8-12-30-13-9-28)19-6-5-7-20(24)16-19;/h5-7,16,21H,4,8-15,17-18H2,1-3H3,(H2,25,26,27);1H. The number of rotatable bonds is 8. The molecule has 1 unspecified atom stereocenters. The first-order valence-corrected chi connectivity index (χ1v) is 11.4. The Morgan fingerprint density at radius 3 is 2.38 bits per heavy atom. The van der Waals surface area contributed by atoms with E-state index in [2.05, 4.69) is 41.2 Å². The molecule has 3 rings (SSSR count). The number of ether oxygens (including phenoxy) is 2. The Morgan fingerprint density at radius 2 is 1.75 bits per heavy atom. The quantitative estimate of drug-likeness (QED) is 0.288. The molecule has 1 aromatic carbocycles. The molecule has 7 nitrogen and oxygen atoms in total. The van der Waals surface area contributed by atoms with Crippen LogP contribution >= 0.6 is 24.0 Å². The highest BCUT2D eigenvalue weighted by Gasteiger charge is 2.28. The van der Waals surface area contributed by atoms with E-state index in [9.17, 15) is 4.39 Å². The lowest BCUT2D eigenvalue weighted by atomic mass is 10.0. The molecule has 0 aliphatic carbocycles. The molecular formula is C23H39FIN5O2. The van der Waals surface area contributed by atoms with Crippen molar-refractivity contribution in [2.24, 2.45) is 4.99 Å². The molecule has 2 aliphatic rings. The molecule has 1 aromatic rings. The minimum absolute atomic E-state index is 0. The second-order valence-corrected chi connectivity index (χ2v) is 8.71. The first kappa shape index (κ1) is 27.2. The van der Waals surface area contributed by atoms with Crippen molar-refractivity contribution in [2.45, 2.75) is 32.4 Å². The number of hydrogen-bond acceptors (Lipinski definition) is 5. The van der Waals surface area contributed by atoms with Crippen molar-refractivity contribution in [2.75, 3.05) is 72.2 Å². The fourth-order valence-electron chi connectivity index (χ4n) is 4.14. The Kier molecular flexibility index (Phi) is 11.6. The van der Waals surface area contributed by atoms with Gasteiger partial charge in [0.25, 0.3) is 0 Å². The Hall–Kier alpha value is -1.01. The minimum atomic E-state index is -0.205. The number of guanidine groups is 1. The fourth-order valence-corrected chi connectivity index (χ4v) is 4.14. The predicted octanol–water partition coefficient (Wildman–Crippen LogP) is 2.48. The van der Waals surface area contributed by atoms with Gasteiger partial charge in [0, 0.05) is 44.8 Å². The molecule has 0 radical (unpaired) electrons. The zero-order valence-corrected chi connectivity index (χ0v) is 21.9. The van der Waals surface area contributed by atoms with Crippen molar-refractivity contribution >= 4 is 29.9 Å². The van der Waals surface area contributed by atoms with Crippen LogP contribution in [-0.2, 0) is 9.47 Å². The third-order valence-corrected chi connectivity index (χ3v) is 6.02. The van der Waals surface area contributed by atoms with Crippen LogP contribution in [0.25, 0.3) is 0 Å². The van der Waals surface area contributed by atoms with Crippen LogP contribution in [0.4, 0.5) is 4.39 Å². The number of aliphatic imine (C=N–C) groups is 1. The summed E-state index contributed by atoms with van der Waals surface area (Å²) < 4.78 is 24.9. The molecule has 32 heavy (non-hydrogen) atoms. The van der Waals surface area contributed by atoms with Gasteiger partial charge in [-0.05, 0) is 38.5 Å². The van der Waals surface area contributed by atoms with Crippen LogP contribution in [0.1, 0.15) is 32.4 Å². The zero-order valence-electron chi connectivity index (χ0n) is 19.6. The van der Waals surface area contributed by atoms with E-state index >= 15 is 0 Å². The summed E-state index contributed by atoms with van der Waals surface area (Å²) in [4.78, 5) is 9.67. The highest BCUT2D eigenvalue weighted by Crippen LogP contribution is 2.22. The van der Waals surface area contributed by atoms with Gasteiger partial charge in [-0.25, -0.2) is 4.39 Å². The maximum absolute atomic E-state index is 13.9. The van der Waals surface area contributed by atoms with Crippen molar-refractivity contribution in [3.8, 4) is 0 Å². The minimum Gasteiger partial charge on any atom is -0.379 e. The van der Waals surface area contributed by atoms with Crippen LogP contribution < -0.4 is 10.6 Å². The van der Waals surface area contributed by atoms with Crippen LogP contribution in [0, 0.1) is 5.82 Å². The normalized spacial score (nSPS) is 19.8. The summed E-state index contributed by atoms with van der Waals surface area (Å²) in [6.07, 6.45) is 0. The number of hydrogen-bond donors (Lipinski definition) is 2. The summed E-state index contributed by atoms with van der Waals surface area (Å²) in [5, 5.41) is 6.86. The number of morpholine rings is 2. The topological polar surface area (TPSA) is 61.4 Å². The molecule has 0 amide bonds. The average Bonchev–Trinajstić information content (AvgIpc) is 2.79. The van der Waals surface area contributed by atoms with Crippen molar-refractivity contribution in [3.05, 3.63) is 35.6 Å². The van der Waals surface area contributed by atoms with E-state index in [0.29, 0.717) is 26.3 Å². The van der Waals surface area contributed by atoms with Gasteiger partial charge in [0.05, 0.1) is 39.0 Å². The summed E-state index contributed by atoms with van der Waals surface area (Å²) >= 11 is 0. The molecule has 2 aliphatic heterocycles. The van der Waals surface area contributed by atoms with Gasteiger partial charge in [-0.2, -0.15) is 0 Å². The van der Waals surface area contributed by atoms with Crippen LogP contribution in [0.2, 0.25) is 0 Å². The van der Waals surface area contributed by atoms with E-state index < -0.39 is 0 Å². The molecule has 0 aromatic heterocycles. The summed E-state index contributed by atoms with van der Waals surface area (Å²) in [6, 6.07) is 6.95. The third kappa shape index (κ3) is 8.09. The summed E-state index contributed by atoms with van der Waals surface area (Å²) in [5.41, 5.74) is 0.928. The third-order valence-electron chi connectivity index (χ3n) is 6.02. The fraction of sp³-hybridized carbons (Fsp3) is 0.696. The second kappa shape index (κ2) is 13.6. The summed E-state index contributed by atoms with van der Waals surface area (Å²) in [7, 11) is 0. The van der Waals surface area contributed by atoms with Crippen molar-refractivity contribution < 1.29 is 13.9 Å². The largest absolute Gasteiger partial charge is 0.379 e. The molecule has 9 heteroatoms. The van der Waals surface area contributed by atoms with Gasteiger partial charge in [-0.15, -0.1) is 24.0 Å². The van der Waals surface area contributed by atoms with E-state index in [1.807, 2.05) is 6.07 Å². The predicted molar refractivity (Wildman–Crippen MR) is 137 cm³/mol. The van der Waals surface area contributed by atoms with Gasteiger partial charge in [-0.1, -0.05) is 12.1 Å². The van der Waals surface area contributed by atoms with Gasteiger partial charge in [-0.3, -0.25) is 14.8 Å². The molecule has 0 spiro atoms. The first-order valence-electron chi connectivity index (χ1n) is 11.4. The van der Waals surface area contributed by atoms with Gasteiger partial charge in [0.2, 0.25) is 0 Å². The van der Waals surface area contributed by atoms with Crippen molar-refractivity contribution in [3.63, 3.8) is 0 Å². The summed E-state index contributed by atoms with van der Waals surface area (Å²) in [6.45, 7) is 15.1. The van der Waals surface area contributed by atoms with Gasteiger partial charge in [0.1, 0.15) is 5.82 Å². The van der Waals surface area contributed by atoms with Crippen molar-refractivity contribution in [1.29, 1.82) is 0 Å². The van der Waals surface area contributed by atoms with E-state index in [0.717, 1.165) is 57.5 Å².